The standard InChI is InChI=1S/C23H19NO6/c1-3-13(2)24-21(25)17-10-15-8-9-16(12-19(15)30-22(17)26)28-23(27)20-11-14-6-4-5-7-18(14)29-20/h4-13H,3H2,1-2H3,(H,24,25). The largest absolute Gasteiger partial charge is 0.449 e. The lowest BCUT2D eigenvalue weighted by molar-refractivity contribution is 0.0704. The first kappa shape index (κ1) is 19.4. The number of fused-ring (bicyclic) bond motifs is 2. The Hall–Kier alpha value is -3.87. The maximum Gasteiger partial charge on any atom is 0.379 e. The molecular formula is C23H19NO6. The smallest absolute Gasteiger partial charge is 0.379 e. The first-order chi connectivity index (χ1) is 14.4. The highest BCUT2D eigenvalue weighted by Crippen LogP contribution is 2.24. The normalized spacial score (nSPS) is 12.1. The molecule has 1 unspecified atom stereocenters. The molecule has 4 rings (SSSR count). The zero-order valence-electron chi connectivity index (χ0n) is 16.4. The van der Waals surface area contributed by atoms with Crippen LogP contribution in [-0.4, -0.2) is 17.9 Å². The van der Waals surface area contributed by atoms with Crippen LogP contribution >= 0.6 is 0 Å². The van der Waals surface area contributed by atoms with Gasteiger partial charge in [-0.15, -0.1) is 0 Å². The molecule has 1 N–H and O–H groups in total. The lowest BCUT2D eigenvalue weighted by Crippen LogP contribution is -2.34. The summed E-state index contributed by atoms with van der Waals surface area (Å²) in [6, 6.07) is 14.8. The van der Waals surface area contributed by atoms with Crippen molar-refractivity contribution < 1.29 is 23.2 Å². The van der Waals surface area contributed by atoms with Gasteiger partial charge in [0, 0.05) is 22.9 Å². The van der Waals surface area contributed by atoms with E-state index in [0.29, 0.717) is 11.0 Å². The van der Waals surface area contributed by atoms with Crippen molar-refractivity contribution in [3.8, 4) is 5.75 Å². The SMILES string of the molecule is CCC(C)NC(=O)c1cc2ccc(OC(=O)c3cc4ccccc4o3)cc2oc1=O. The Morgan fingerprint density at radius 1 is 1.00 bits per heavy atom. The molecule has 0 bridgehead atoms. The van der Waals surface area contributed by atoms with Crippen molar-refractivity contribution >= 4 is 33.8 Å². The predicted molar refractivity (Wildman–Crippen MR) is 111 cm³/mol. The first-order valence-corrected chi connectivity index (χ1v) is 9.54. The number of carbonyl (C=O) groups is 2. The average Bonchev–Trinajstić information content (AvgIpc) is 3.17. The quantitative estimate of drug-likeness (QED) is 0.302. The van der Waals surface area contributed by atoms with Crippen LogP contribution in [0.5, 0.6) is 5.75 Å². The van der Waals surface area contributed by atoms with E-state index in [0.717, 1.165) is 11.8 Å². The molecule has 0 radical (unpaired) electrons. The number of ether oxygens (including phenoxy) is 1. The number of benzene rings is 2. The van der Waals surface area contributed by atoms with E-state index in [-0.39, 0.29) is 28.7 Å². The van der Waals surface area contributed by atoms with E-state index in [1.807, 2.05) is 32.0 Å². The minimum Gasteiger partial charge on any atom is -0.449 e. The maximum atomic E-state index is 12.4. The van der Waals surface area contributed by atoms with Gasteiger partial charge in [0.2, 0.25) is 5.76 Å². The van der Waals surface area contributed by atoms with Crippen LogP contribution in [0.4, 0.5) is 0 Å². The van der Waals surface area contributed by atoms with Crippen molar-refractivity contribution in [1.29, 1.82) is 0 Å². The van der Waals surface area contributed by atoms with Crippen LogP contribution < -0.4 is 15.7 Å². The van der Waals surface area contributed by atoms with Gasteiger partial charge in [0.05, 0.1) is 0 Å². The number of esters is 1. The van der Waals surface area contributed by atoms with Gasteiger partial charge < -0.3 is 18.9 Å². The fourth-order valence-electron chi connectivity index (χ4n) is 2.96. The molecule has 0 saturated carbocycles. The Bertz CT molecular complexity index is 1280. The van der Waals surface area contributed by atoms with Crippen LogP contribution in [0.15, 0.2) is 68.2 Å². The van der Waals surface area contributed by atoms with Crippen molar-refractivity contribution in [2.45, 2.75) is 26.3 Å². The monoisotopic (exact) mass is 405 g/mol. The summed E-state index contributed by atoms with van der Waals surface area (Å²) in [7, 11) is 0. The Morgan fingerprint density at radius 2 is 1.77 bits per heavy atom. The van der Waals surface area contributed by atoms with E-state index in [1.54, 1.807) is 24.3 Å². The molecular weight excluding hydrogens is 386 g/mol. The molecule has 0 aliphatic rings. The van der Waals surface area contributed by atoms with Gasteiger partial charge in [0.25, 0.3) is 5.91 Å². The molecule has 4 aromatic rings. The Labute approximate surface area is 171 Å². The number of hydrogen-bond donors (Lipinski definition) is 1. The zero-order valence-corrected chi connectivity index (χ0v) is 16.4. The van der Waals surface area contributed by atoms with Gasteiger partial charge in [0.15, 0.2) is 0 Å². The van der Waals surface area contributed by atoms with Crippen molar-refractivity contribution in [2.24, 2.45) is 0 Å². The van der Waals surface area contributed by atoms with Crippen molar-refractivity contribution in [3.05, 3.63) is 76.3 Å². The van der Waals surface area contributed by atoms with Crippen LogP contribution in [0.2, 0.25) is 0 Å². The van der Waals surface area contributed by atoms with E-state index in [2.05, 4.69) is 5.32 Å². The molecule has 0 aliphatic carbocycles. The van der Waals surface area contributed by atoms with Crippen LogP contribution in [0.3, 0.4) is 0 Å². The fraction of sp³-hybridized carbons (Fsp3) is 0.174. The molecule has 30 heavy (non-hydrogen) atoms. The fourth-order valence-corrected chi connectivity index (χ4v) is 2.96. The van der Waals surface area contributed by atoms with Crippen molar-refractivity contribution in [1.82, 2.24) is 5.32 Å². The molecule has 0 fully saturated rings. The maximum absolute atomic E-state index is 12.4. The Balaban J connectivity index is 1.58. The lowest BCUT2D eigenvalue weighted by atomic mass is 10.1. The molecule has 1 amide bonds. The van der Waals surface area contributed by atoms with Gasteiger partial charge in [-0.1, -0.05) is 25.1 Å². The summed E-state index contributed by atoms with van der Waals surface area (Å²) in [6.45, 7) is 3.78. The molecule has 2 aromatic carbocycles. The van der Waals surface area contributed by atoms with Gasteiger partial charge in [-0.3, -0.25) is 4.79 Å². The van der Waals surface area contributed by atoms with E-state index >= 15 is 0 Å². The molecule has 7 heteroatoms. The third-order valence-electron chi connectivity index (χ3n) is 4.78. The van der Waals surface area contributed by atoms with E-state index in [4.69, 9.17) is 13.6 Å². The number of rotatable bonds is 5. The first-order valence-electron chi connectivity index (χ1n) is 9.54. The molecule has 0 saturated heterocycles. The third-order valence-corrected chi connectivity index (χ3v) is 4.78. The van der Waals surface area contributed by atoms with Gasteiger partial charge in [-0.2, -0.15) is 0 Å². The second-order valence-electron chi connectivity index (χ2n) is 6.97. The van der Waals surface area contributed by atoms with Gasteiger partial charge in [-0.25, -0.2) is 9.59 Å². The number of para-hydroxylation sites is 1. The summed E-state index contributed by atoms with van der Waals surface area (Å²) in [6.07, 6.45) is 0.741. The van der Waals surface area contributed by atoms with Gasteiger partial charge in [-0.05, 0) is 43.7 Å². The summed E-state index contributed by atoms with van der Waals surface area (Å²) < 4.78 is 16.1. The summed E-state index contributed by atoms with van der Waals surface area (Å²) in [5, 5.41) is 4.06. The second kappa shape index (κ2) is 7.87. The van der Waals surface area contributed by atoms with Crippen molar-refractivity contribution in [3.63, 3.8) is 0 Å². The lowest BCUT2D eigenvalue weighted by Gasteiger charge is -2.11. The Kier molecular flexibility index (Phi) is 5.10. The molecule has 0 spiro atoms. The van der Waals surface area contributed by atoms with Crippen LogP contribution in [-0.2, 0) is 0 Å². The predicted octanol–water partition coefficient (Wildman–Crippen LogP) is 4.29. The Morgan fingerprint density at radius 3 is 2.53 bits per heavy atom. The molecule has 2 heterocycles. The van der Waals surface area contributed by atoms with E-state index in [1.165, 1.54) is 12.1 Å². The molecule has 2 aromatic heterocycles. The average molecular weight is 405 g/mol. The zero-order chi connectivity index (χ0) is 21.3. The number of amides is 1. The summed E-state index contributed by atoms with van der Waals surface area (Å²) in [5.41, 5.74) is -0.0500. The summed E-state index contributed by atoms with van der Waals surface area (Å²) in [5.74, 6) is -0.902. The van der Waals surface area contributed by atoms with E-state index < -0.39 is 17.5 Å². The highest BCUT2D eigenvalue weighted by Gasteiger charge is 2.17. The minimum absolute atomic E-state index is 0.0624. The number of nitrogens with one attached hydrogen (secondary N) is 1. The molecule has 1 atom stereocenters. The van der Waals surface area contributed by atoms with Crippen LogP contribution in [0, 0.1) is 0 Å². The molecule has 7 nitrogen and oxygen atoms in total. The topological polar surface area (TPSA) is 98.8 Å². The minimum atomic E-state index is -0.760. The van der Waals surface area contributed by atoms with E-state index in [9.17, 15) is 14.4 Å². The summed E-state index contributed by atoms with van der Waals surface area (Å²) in [4.78, 5) is 36.9. The molecule has 152 valence electrons. The number of hydrogen-bond acceptors (Lipinski definition) is 6. The number of furan rings is 1. The van der Waals surface area contributed by atoms with Gasteiger partial charge >= 0.3 is 11.6 Å². The van der Waals surface area contributed by atoms with Crippen LogP contribution in [0.1, 0.15) is 41.2 Å². The van der Waals surface area contributed by atoms with Gasteiger partial charge in [0.1, 0.15) is 22.5 Å². The third kappa shape index (κ3) is 3.82. The van der Waals surface area contributed by atoms with Crippen molar-refractivity contribution in [2.75, 3.05) is 0 Å². The second-order valence-corrected chi connectivity index (χ2v) is 6.97. The van der Waals surface area contributed by atoms with Crippen LogP contribution in [0.25, 0.3) is 21.9 Å². The highest BCUT2D eigenvalue weighted by atomic mass is 16.5. The molecule has 0 aliphatic heterocycles. The number of carbonyl (C=O) groups excluding carboxylic acids is 2. The summed E-state index contributed by atoms with van der Waals surface area (Å²) >= 11 is 0. The highest BCUT2D eigenvalue weighted by molar-refractivity contribution is 5.97.